The van der Waals surface area contributed by atoms with Crippen LogP contribution in [0.1, 0.15) is 44.7 Å². The van der Waals surface area contributed by atoms with Gasteiger partial charge in [0.25, 0.3) is 15.8 Å². The maximum atomic E-state index is 12.7. The van der Waals surface area contributed by atoms with E-state index in [0.29, 0.717) is 18.4 Å². The van der Waals surface area contributed by atoms with Crippen molar-refractivity contribution in [2.45, 2.75) is 57.6 Å². The van der Waals surface area contributed by atoms with Gasteiger partial charge in [-0.15, -0.1) is 0 Å². The third-order valence-corrected chi connectivity index (χ3v) is 5.84. The molecule has 0 aliphatic heterocycles. The van der Waals surface area contributed by atoms with E-state index in [1.807, 2.05) is 6.92 Å². The van der Waals surface area contributed by atoms with Crippen molar-refractivity contribution in [3.8, 4) is 0 Å². The van der Waals surface area contributed by atoms with Crippen LogP contribution in [0.2, 0.25) is 0 Å². The molecular weight excluding hydrogens is 448 g/mol. The molecule has 180 valence electrons. The first-order valence-corrected chi connectivity index (χ1v) is 12.0. The molecule has 2 rings (SSSR count). The quantitative estimate of drug-likeness (QED) is 0.208. The number of amides is 1. The fourth-order valence-electron chi connectivity index (χ4n) is 2.90. The first kappa shape index (κ1) is 26.3. The van der Waals surface area contributed by atoms with Crippen molar-refractivity contribution in [3.63, 3.8) is 0 Å². The van der Waals surface area contributed by atoms with E-state index in [1.54, 1.807) is 45.0 Å². The summed E-state index contributed by atoms with van der Waals surface area (Å²) in [6.45, 7) is 7.47. The SMILES string of the molecule is Cc1ccc(S(=O)(=O)OCCCCN(Cc2cccc([N+](=O)[O-])c2)C(=O)OC(C)(C)C)cc1. The van der Waals surface area contributed by atoms with E-state index in [-0.39, 0.29) is 30.3 Å². The zero-order valence-electron chi connectivity index (χ0n) is 19.3. The van der Waals surface area contributed by atoms with Gasteiger partial charge in [0.05, 0.1) is 16.4 Å². The molecule has 9 nitrogen and oxygen atoms in total. The fraction of sp³-hybridized carbons (Fsp3) is 0.435. The Morgan fingerprint density at radius 3 is 2.36 bits per heavy atom. The second kappa shape index (κ2) is 11.2. The van der Waals surface area contributed by atoms with E-state index in [1.165, 1.54) is 29.2 Å². The Labute approximate surface area is 194 Å². The minimum absolute atomic E-state index is 0.0326. The highest BCUT2D eigenvalue weighted by Crippen LogP contribution is 2.18. The molecule has 1 amide bonds. The fourth-order valence-corrected chi connectivity index (χ4v) is 3.84. The molecule has 0 saturated heterocycles. The van der Waals surface area contributed by atoms with Gasteiger partial charge in [-0.2, -0.15) is 8.42 Å². The number of nitro groups is 1. The Morgan fingerprint density at radius 2 is 1.76 bits per heavy atom. The van der Waals surface area contributed by atoms with E-state index < -0.39 is 26.7 Å². The molecule has 0 N–H and O–H groups in total. The van der Waals surface area contributed by atoms with Crippen LogP contribution in [-0.4, -0.2) is 43.1 Å². The molecule has 2 aromatic carbocycles. The van der Waals surface area contributed by atoms with Crippen molar-refractivity contribution in [1.82, 2.24) is 4.90 Å². The third-order valence-electron chi connectivity index (χ3n) is 4.52. The zero-order valence-corrected chi connectivity index (χ0v) is 20.1. The average Bonchev–Trinajstić information content (AvgIpc) is 2.72. The number of unbranched alkanes of at least 4 members (excludes halogenated alkanes) is 1. The molecule has 33 heavy (non-hydrogen) atoms. The summed E-state index contributed by atoms with van der Waals surface area (Å²) in [6.07, 6.45) is 0.291. The molecule has 10 heteroatoms. The number of ether oxygens (including phenoxy) is 1. The van der Waals surface area contributed by atoms with Crippen LogP contribution in [0.3, 0.4) is 0 Å². The van der Waals surface area contributed by atoms with Gasteiger partial charge in [-0.3, -0.25) is 14.3 Å². The number of nitrogens with zero attached hydrogens (tertiary/aromatic N) is 2. The lowest BCUT2D eigenvalue weighted by Crippen LogP contribution is -2.37. The number of rotatable bonds is 10. The number of nitro benzene ring substituents is 1. The molecule has 0 bridgehead atoms. The lowest BCUT2D eigenvalue weighted by molar-refractivity contribution is -0.384. The highest BCUT2D eigenvalue weighted by molar-refractivity contribution is 7.86. The van der Waals surface area contributed by atoms with Crippen molar-refractivity contribution >= 4 is 21.9 Å². The molecule has 0 radical (unpaired) electrons. The van der Waals surface area contributed by atoms with Crippen LogP contribution in [-0.2, 0) is 25.6 Å². The van der Waals surface area contributed by atoms with E-state index in [9.17, 15) is 23.3 Å². The van der Waals surface area contributed by atoms with Gasteiger partial charge >= 0.3 is 6.09 Å². The highest BCUT2D eigenvalue weighted by atomic mass is 32.2. The Kier molecular flexibility index (Phi) is 8.95. The standard InChI is InChI=1S/C23H30N2O7S/c1-18-10-12-21(13-11-18)33(29,30)31-15-6-5-14-24(22(26)32-23(2,3)4)17-19-8-7-9-20(16-19)25(27)28/h7-13,16H,5-6,14-15,17H2,1-4H3. The second-order valence-corrected chi connectivity index (χ2v) is 10.2. The van der Waals surface area contributed by atoms with E-state index in [0.717, 1.165) is 5.56 Å². The monoisotopic (exact) mass is 478 g/mol. The molecule has 0 aliphatic rings. The molecule has 0 saturated carbocycles. The van der Waals surface area contributed by atoms with Crippen LogP contribution >= 0.6 is 0 Å². The lowest BCUT2D eigenvalue weighted by Gasteiger charge is -2.27. The van der Waals surface area contributed by atoms with Crippen molar-refractivity contribution in [2.24, 2.45) is 0 Å². The molecule has 0 spiro atoms. The van der Waals surface area contributed by atoms with Gasteiger partial charge in [-0.05, 0) is 58.2 Å². The first-order valence-electron chi connectivity index (χ1n) is 10.5. The Morgan fingerprint density at radius 1 is 1.09 bits per heavy atom. The predicted molar refractivity (Wildman–Crippen MR) is 123 cm³/mol. The molecule has 0 unspecified atom stereocenters. The summed E-state index contributed by atoms with van der Waals surface area (Å²) in [6, 6.07) is 12.4. The van der Waals surface area contributed by atoms with Gasteiger partial charge in [0, 0.05) is 25.2 Å². The maximum absolute atomic E-state index is 12.7. The number of hydrogen-bond donors (Lipinski definition) is 0. The molecule has 0 aromatic heterocycles. The van der Waals surface area contributed by atoms with Crippen molar-refractivity contribution in [1.29, 1.82) is 0 Å². The molecule has 0 atom stereocenters. The predicted octanol–water partition coefficient (Wildman–Crippen LogP) is 4.83. The van der Waals surface area contributed by atoms with Gasteiger partial charge < -0.3 is 9.64 Å². The minimum atomic E-state index is -3.85. The summed E-state index contributed by atoms with van der Waals surface area (Å²) in [5.74, 6) is 0. The Hall–Kier alpha value is -2.98. The van der Waals surface area contributed by atoms with Gasteiger partial charge in [0.2, 0.25) is 0 Å². The molecule has 0 heterocycles. The molecular formula is C23H30N2O7S. The summed E-state index contributed by atoms with van der Waals surface area (Å²) in [4.78, 5) is 24.7. The number of aryl methyl sites for hydroxylation is 1. The number of benzene rings is 2. The topological polar surface area (TPSA) is 116 Å². The van der Waals surface area contributed by atoms with Crippen LogP contribution in [0.15, 0.2) is 53.4 Å². The number of hydrogen-bond acceptors (Lipinski definition) is 7. The summed E-state index contributed by atoms with van der Waals surface area (Å²) < 4.78 is 35.1. The van der Waals surface area contributed by atoms with Crippen LogP contribution in [0, 0.1) is 17.0 Å². The van der Waals surface area contributed by atoms with Crippen LogP contribution < -0.4 is 0 Å². The molecule has 0 aliphatic carbocycles. The highest BCUT2D eigenvalue weighted by Gasteiger charge is 2.23. The van der Waals surface area contributed by atoms with Crippen LogP contribution in [0.4, 0.5) is 10.5 Å². The number of non-ortho nitro benzene ring substituents is 1. The Balaban J connectivity index is 1.97. The summed E-state index contributed by atoms with van der Waals surface area (Å²) in [7, 11) is -3.85. The van der Waals surface area contributed by atoms with E-state index >= 15 is 0 Å². The van der Waals surface area contributed by atoms with Crippen LogP contribution in [0.5, 0.6) is 0 Å². The smallest absolute Gasteiger partial charge is 0.410 e. The van der Waals surface area contributed by atoms with Crippen molar-refractivity contribution < 1.29 is 27.1 Å². The van der Waals surface area contributed by atoms with Crippen molar-refractivity contribution in [3.05, 3.63) is 69.8 Å². The van der Waals surface area contributed by atoms with Gasteiger partial charge in [0.15, 0.2) is 0 Å². The zero-order chi connectivity index (χ0) is 24.6. The second-order valence-electron chi connectivity index (χ2n) is 8.63. The average molecular weight is 479 g/mol. The maximum Gasteiger partial charge on any atom is 0.410 e. The van der Waals surface area contributed by atoms with Crippen molar-refractivity contribution in [2.75, 3.05) is 13.2 Å². The van der Waals surface area contributed by atoms with E-state index in [4.69, 9.17) is 8.92 Å². The normalized spacial score (nSPS) is 11.8. The molecule has 0 fully saturated rings. The minimum Gasteiger partial charge on any atom is -0.444 e. The van der Waals surface area contributed by atoms with Gasteiger partial charge in [-0.1, -0.05) is 29.8 Å². The van der Waals surface area contributed by atoms with E-state index in [2.05, 4.69) is 0 Å². The third kappa shape index (κ3) is 8.82. The number of carbonyl (C=O) groups excluding carboxylic acids is 1. The first-order chi connectivity index (χ1) is 15.4. The summed E-state index contributed by atoms with van der Waals surface area (Å²) >= 11 is 0. The summed E-state index contributed by atoms with van der Waals surface area (Å²) in [5, 5.41) is 11.0. The lowest BCUT2D eigenvalue weighted by atomic mass is 10.2. The molecule has 2 aromatic rings. The van der Waals surface area contributed by atoms with Gasteiger partial charge in [-0.25, -0.2) is 4.79 Å². The van der Waals surface area contributed by atoms with Crippen LogP contribution in [0.25, 0.3) is 0 Å². The largest absolute Gasteiger partial charge is 0.444 e. The summed E-state index contributed by atoms with van der Waals surface area (Å²) in [5.41, 5.74) is 0.767. The van der Waals surface area contributed by atoms with Gasteiger partial charge in [0.1, 0.15) is 5.60 Å². The Bertz CT molecular complexity index is 1060. The number of carbonyl (C=O) groups is 1.